The molecule has 3 fully saturated rings. The first-order valence-electron chi connectivity index (χ1n) is 12.6. The van der Waals surface area contributed by atoms with Gasteiger partial charge in [0, 0.05) is 24.4 Å². The number of rotatable bonds is 6. The highest BCUT2D eigenvalue weighted by atomic mass is 32.2. The van der Waals surface area contributed by atoms with Crippen LogP contribution in [-0.4, -0.2) is 119 Å². The van der Waals surface area contributed by atoms with Gasteiger partial charge >= 0.3 is 35.8 Å². The van der Waals surface area contributed by atoms with E-state index < -0.39 is 75.8 Å². The Bertz CT molecular complexity index is 1310. The fraction of sp³-hybridized carbons (Fsp3) is 0.440. The van der Waals surface area contributed by atoms with E-state index in [9.17, 15) is 33.9 Å². The minimum absolute atomic E-state index is 0.0200. The second kappa shape index (κ2) is 12.5. The van der Waals surface area contributed by atoms with Crippen LogP contribution in [0.5, 0.6) is 0 Å². The highest BCUT2D eigenvalue weighted by Gasteiger charge is 2.64. The molecule has 1 unspecified atom stereocenters. The summed E-state index contributed by atoms with van der Waals surface area (Å²) in [5.41, 5.74) is 0.403. The Labute approximate surface area is 243 Å². The number of nitrogens with zero attached hydrogens (tertiary/aromatic N) is 3. The van der Waals surface area contributed by atoms with Crippen molar-refractivity contribution in [3.63, 3.8) is 0 Å². The molecule has 1 aromatic rings. The molecule has 3 heterocycles. The van der Waals surface area contributed by atoms with Crippen LogP contribution in [0.15, 0.2) is 30.3 Å². The maximum atomic E-state index is 13.3. The molecule has 1 aromatic carbocycles. The molecule has 16 nitrogen and oxygen atoms in total. The number of β-lactam (4-membered cyclic amide) rings is 1. The first kappa shape index (κ1) is 31.9. The van der Waals surface area contributed by atoms with E-state index in [1.807, 2.05) is 0 Å². The number of carboxylic acid groups (broad SMARTS) is 3. The van der Waals surface area contributed by atoms with Gasteiger partial charge in [0.25, 0.3) is 0 Å². The van der Waals surface area contributed by atoms with Crippen LogP contribution < -0.4 is 10.6 Å². The molecule has 0 radical (unpaired) electrons. The Morgan fingerprint density at radius 3 is 2.10 bits per heavy atom. The number of benzene rings is 1. The van der Waals surface area contributed by atoms with Crippen LogP contribution in [0, 0.1) is 0 Å². The number of carboxylic acids is 3. The number of fused-ring (bicyclic) bond motifs is 1. The largest absolute Gasteiger partial charge is 0.480 e. The molecule has 0 aliphatic carbocycles. The number of amides is 6. The third-order valence-electron chi connectivity index (χ3n) is 6.75. The number of hydrogen-bond acceptors (Lipinski definition) is 9. The molecule has 6 amide bonds. The lowest BCUT2D eigenvalue weighted by Crippen LogP contribution is -2.71. The third kappa shape index (κ3) is 6.29. The van der Waals surface area contributed by atoms with Gasteiger partial charge in [-0.05, 0) is 26.3 Å². The number of carbonyl (C=O) groups is 8. The Morgan fingerprint density at radius 1 is 0.976 bits per heavy atom. The lowest BCUT2D eigenvalue weighted by molar-refractivity contribution is -0.161. The van der Waals surface area contributed by atoms with Gasteiger partial charge in [-0.2, -0.15) is 0 Å². The van der Waals surface area contributed by atoms with Crippen LogP contribution in [-0.2, 0) is 33.6 Å². The second-order valence-corrected chi connectivity index (χ2v) is 11.6. The van der Waals surface area contributed by atoms with Crippen molar-refractivity contribution in [2.45, 2.75) is 49.0 Å². The summed E-state index contributed by atoms with van der Waals surface area (Å²) < 4.78 is -0.758. The average Bonchev–Trinajstić information content (AvgIpc) is 3.20. The van der Waals surface area contributed by atoms with Gasteiger partial charge in [0.05, 0.1) is 0 Å². The minimum Gasteiger partial charge on any atom is -0.480 e. The number of thioether (sulfide) groups is 1. The highest BCUT2D eigenvalue weighted by molar-refractivity contribution is 8.01. The predicted octanol–water partition coefficient (Wildman–Crippen LogP) is -1.08. The van der Waals surface area contributed by atoms with Crippen LogP contribution >= 0.6 is 11.8 Å². The molecule has 0 spiro atoms. The Morgan fingerprint density at radius 2 is 1.57 bits per heavy atom. The summed E-state index contributed by atoms with van der Waals surface area (Å²) in [6.07, 6.45) is 0. The fourth-order valence-electron chi connectivity index (χ4n) is 4.70. The van der Waals surface area contributed by atoms with E-state index in [1.165, 1.54) is 21.6 Å². The molecule has 5 N–H and O–H groups in total. The smallest absolute Gasteiger partial charge is 0.414 e. The zero-order valence-corrected chi connectivity index (χ0v) is 23.5. The summed E-state index contributed by atoms with van der Waals surface area (Å²) in [7, 11) is 0. The molecule has 3 saturated heterocycles. The topological polar surface area (TPSA) is 231 Å². The first-order chi connectivity index (χ1) is 19.6. The molecule has 42 heavy (non-hydrogen) atoms. The van der Waals surface area contributed by atoms with Gasteiger partial charge < -0.3 is 35.8 Å². The minimum atomic E-state index is -1.82. The summed E-state index contributed by atoms with van der Waals surface area (Å²) >= 11 is 1.28. The van der Waals surface area contributed by atoms with Crippen molar-refractivity contribution >= 4 is 59.3 Å². The predicted molar refractivity (Wildman–Crippen MR) is 143 cm³/mol. The third-order valence-corrected chi connectivity index (χ3v) is 8.33. The number of nitrogens with one attached hydrogen (secondary N) is 2. The Kier molecular flexibility index (Phi) is 9.45. The summed E-state index contributed by atoms with van der Waals surface area (Å²) in [6.45, 7) is 5.67. The molecule has 17 heteroatoms. The number of imide groups is 1. The molecular formula is C25H29N5O11S. The second-order valence-electron chi connectivity index (χ2n) is 9.83. The molecule has 226 valence electrons. The first-order valence-corrected chi connectivity index (χ1v) is 13.5. The number of aliphatic carboxylic acids is 3. The van der Waals surface area contributed by atoms with Crippen LogP contribution in [0.4, 0.5) is 4.79 Å². The van der Waals surface area contributed by atoms with Gasteiger partial charge in [0.15, 0.2) is 0 Å². The summed E-state index contributed by atoms with van der Waals surface area (Å²) in [6, 6.07) is 4.11. The van der Waals surface area contributed by atoms with Crippen molar-refractivity contribution in [3.05, 3.63) is 35.9 Å². The number of urea groups is 1. The van der Waals surface area contributed by atoms with E-state index in [-0.39, 0.29) is 13.1 Å². The van der Waals surface area contributed by atoms with Gasteiger partial charge in [0.2, 0.25) is 11.8 Å². The zero-order chi connectivity index (χ0) is 31.5. The molecule has 4 rings (SSSR count). The molecule has 0 saturated carbocycles. The normalized spacial score (nSPS) is 23.1. The number of carbonyl (C=O) groups excluding carboxylic acids is 5. The molecular weight excluding hydrogens is 578 g/mol. The van der Waals surface area contributed by atoms with Crippen molar-refractivity contribution in [3.8, 4) is 0 Å². The van der Waals surface area contributed by atoms with Gasteiger partial charge in [-0.1, -0.05) is 30.3 Å². The van der Waals surface area contributed by atoms with Gasteiger partial charge in [-0.25, -0.2) is 19.2 Å². The highest BCUT2D eigenvalue weighted by Crippen LogP contribution is 2.50. The van der Waals surface area contributed by atoms with E-state index in [1.54, 1.807) is 51.1 Å². The van der Waals surface area contributed by atoms with Crippen molar-refractivity contribution in [2.75, 3.05) is 19.6 Å². The lowest BCUT2D eigenvalue weighted by atomic mass is 9.95. The maximum absolute atomic E-state index is 13.3. The van der Waals surface area contributed by atoms with Gasteiger partial charge in [-0.15, -0.1) is 11.8 Å². The van der Waals surface area contributed by atoms with Gasteiger partial charge in [-0.3, -0.25) is 24.1 Å². The van der Waals surface area contributed by atoms with E-state index >= 15 is 0 Å². The van der Waals surface area contributed by atoms with E-state index in [2.05, 4.69) is 10.6 Å². The molecule has 3 aliphatic heterocycles. The van der Waals surface area contributed by atoms with E-state index in [0.717, 1.165) is 4.90 Å². The SMILES string of the molecule is CCN1CCN(C(=O)NC(C(=O)N[C@@H]2C(=O)N3[C@@H]2SC(C)(C)[C@@H]3C(=O)O)c2ccccc2)C(=O)C1=O.O=C(O)C(=O)O. The monoisotopic (exact) mass is 607 g/mol. The Hall–Kier alpha value is -4.67. The Balaban J connectivity index is 0.000000730. The summed E-state index contributed by atoms with van der Waals surface area (Å²) in [5, 5.41) is 29.0. The number of likely N-dealkylation sites (N-methyl/N-ethyl adjacent to an activating group) is 1. The van der Waals surface area contributed by atoms with E-state index in [0.29, 0.717) is 12.1 Å². The van der Waals surface area contributed by atoms with Crippen molar-refractivity contribution in [2.24, 2.45) is 0 Å². The van der Waals surface area contributed by atoms with E-state index in [4.69, 9.17) is 19.8 Å². The van der Waals surface area contributed by atoms with Crippen LogP contribution in [0.3, 0.4) is 0 Å². The maximum Gasteiger partial charge on any atom is 0.414 e. The number of hydrogen-bond donors (Lipinski definition) is 5. The summed E-state index contributed by atoms with van der Waals surface area (Å²) in [5.74, 6) is -7.77. The van der Waals surface area contributed by atoms with Gasteiger partial charge in [0.1, 0.15) is 23.5 Å². The standard InChI is InChI=1S/C23H27N5O7S.C2H2O4/c1-4-26-10-11-27(19(32)18(26)31)22(35)25-13(12-8-6-5-7-9-12)16(29)24-14-17(30)28-15(21(33)34)23(2,3)36-20(14)28;3-1(4)2(5)6/h5-9,13-15,20H,4,10-11H2,1-3H3,(H,24,29)(H,25,35)(H,33,34);(H,3,4)(H,5,6)/t13?,14-,15+,20-;/m1./s1. The van der Waals surface area contributed by atoms with Crippen molar-refractivity contribution in [1.29, 1.82) is 0 Å². The van der Waals surface area contributed by atoms with Crippen molar-refractivity contribution in [1.82, 2.24) is 25.3 Å². The zero-order valence-electron chi connectivity index (χ0n) is 22.7. The molecule has 4 atom stereocenters. The molecule has 0 bridgehead atoms. The fourth-order valence-corrected chi connectivity index (χ4v) is 6.32. The van der Waals surface area contributed by atoms with Crippen molar-refractivity contribution < 1.29 is 53.7 Å². The quantitative estimate of drug-likeness (QED) is 0.192. The van der Waals surface area contributed by atoms with Crippen LogP contribution in [0.25, 0.3) is 0 Å². The van der Waals surface area contributed by atoms with Crippen LogP contribution in [0.2, 0.25) is 0 Å². The average molecular weight is 608 g/mol. The number of piperazine rings is 1. The molecule has 3 aliphatic rings. The lowest BCUT2D eigenvalue weighted by Gasteiger charge is -2.44. The molecule has 0 aromatic heterocycles. The van der Waals surface area contributed by atoms with Crippen LogP contribution in [0.1, 0.15) is 32.4 Å². The summed E-state index contributed by atoms with van der Waals surface area (Å²) in [4.78, 5) is 97.0.